The highest BCUT2D eigenvalue weighted by molar-refractivity contribution is 9.10. The molecule has 2 N–H and O–H groups in total. The molecule has 0 aliphatic heterocycles. The Balaban J connectivity index is 1.68. The summed E-state index contributed by atoms with van der Waals surface area (Å²) in [5, 5.41) is 6.84. The first-order chi connectivity index (χ1) is 13.6. The smallest absolute Gasteiger partial charge is 0.362 e. The Labute approximate surface area is 170 Å². The number of benzene rings is 1. The summed E-state index contributed by atoms with van der Waals surface area (Å²) in [5.74, 6) is 0.163. The van der Waals surface area contributed by atoms with Gasteiger partial charge in [0.2, 0.25) is 0 Å². The maximum absolute atomic E-state index is 12.6. The number of fused-ring (bicyclic) bond motifs is 1. The number of anilines is 2. The third-order valence-corrected chi connectivity index (χ3v) is 5.57. The second-order valence-corrected chi connectivity index (χ2v) is 7.86. The Hall–Kier alpha value is -2.54. The second-order valence-electron chi connectivity index (χ2n) is 7.08. The van der Waals surface area contributed by atoms with E-state index >= 15 is 0 Å². The monoisotopic (exact) mass is 444 g/mol. The van der Waals surface area contributed by atoms with E-state index < -0.39 is 11.5 Å². The lowest BCUT2D eigenvalue weighted by Gasteiger charge is -2.23. The first-order valence-corrected chi connectivity index (χ1v) is 10.3. The van der Waals surface area contributed by atoms with Gasteiger partial charge in [0.15, 0.2) is 16.1 Å². The van der Waals surface area contributed by atoms with Gasteiger partial charge in [-0.25, -0.2) is 4.79 Å². The average Bonchev–Trinajstić information content (AvgIpc) is 3.15. The molecule has 146 valence electrons. The fourth-order valence-corrected chi connectivity index (χ4v) is 4.00. The summed E-state index contributed by atoms with van der Waals surface area (Å²) in [6.07, 6.45) is 6.11. The van der Waals surface area contributed by atoms with Crippen molar-refractivity contribution >= 4 is 44.2 Å². The van der Waals surface area contributed by atoms with E-state index in [1.54, 1.807) is 12.1 Å². The number of hydrogen-bond acceptors (Lipinski definition) is 5. The Morgan fingerprint density at radius 2 is 1.82 bits per heavy atom. The van der Waals surface area contributed by atoms with Gasteiger partial charge >= 0.3 is 5.63 Å². The van der Waals surface area contributed by atoms with Crippen LogP contribution in [0.25, 0.3) is 11.0 Å². The van der Waals surface area contributed by atoms with Crippen LogP contribution in [0.1, 0.15) is 42.7 Å². The van der Waals surface area contributed by atoms with E-state index in [2.05, 4.69) is 26.6 Å². The van der Waals surface area contributed by atoms with Crippen molar-refractivity contribution in [2.75, 3.05) is 17.2 Å². The number of carbonyl (C=O) groups excluding carboxylic acids is 1. The summed E-state index contributed by atoms with van der Waals surface area (Å²) in [6.45, 7) is 0.753. The summed E-state index contributed by atoms with van der Waals surface area (Å²) >= 11 is 3.18. The molecule has 1 aromatic carbocycles. The van der Waals surface area contributed by atoms with Gasteiger partial charge in [-0.3, -0.25) is 4.79 Å². The number of furan rings is 1. The first kappa shape index (κ1) is 18.8. The minimum atomic E-state index is -0.594. The maximum atomic E-state index is 12.6. The lowest BCUT2D eigenvalue weighted by atomic mass is 9.89. The number of halogens is 1. The van der Waals surface area contributed by atoms with Crippen LogP contribution < -0.4 is 16.3 Å². The Morgan fingerprint density at radius 1 is 1.04 bits per heavy atom. The van der Waals surface area contributed by atoms with E-state index in [0.717, 1.165) is 11.9 Å². The first-order valence-electron chi connectivity index (χ1n) is 9.48. The predicted molar refractivity (Wildman–Crippen MR) is 112 cm³/mol. The number of para-hydroxylation sites is 1. The zero-order chi connectivity index (χ0) is 19.5. The quantitative estimate of drug-likeness (QED) is 0.515. The van der Waals surface area contributed by atoms with Crippen molar-refractivity contribution in [3.8, 4) is 0 Å². The van der Waals surface area contributed by atoms with Crippen LogP contribution in [0, 0.1) is 5.92 Å². The number of carbonyl (C=O) groups is 1. The molecule has 0 radical (unpaired) electrons. The molecule has 28 heavy (non-hydrogen) atoms. The van der Waals surface area contributed by atoms with Gasteiger partial charge in [0.05, 0.1) is 5.69 Å². The zero-order valence-corrected chi connectivity index (χ0v) is 16.9. The molecule has 2 heterocycles. The van der Waals surface area contributed by atoms with Crippen LogP contribution in [0.5, 0.6) is 0 Å². The van der Waals surface area contributed by atoms with E-state index in [9.17, 15) is 9.59 Å². The minimum absolute atomic E-state index is 0.104. The molecule has 2 aromatic heterocycles. The Morgan fingerprint density at radius 3 is 2.57 bits per heavy atom. The van der Waals surface area contributed by atoms with Crippen LogP contribution >= 0.6 is 15.9 Å². The van der Waals surface area contributed by atoms with Gasteiger partial charge in [-0.2, -0.15) is 0 Å². The van der Waals surface area contributed by atoms with Crippen molar-refractivity contribution < 1.29 is 13.6 Å². The van der Waals surface area contributed by atoms with E-state index in [1.165, 1.54) is 38.2 Å². The summed E-state index contributed by atoms with van der Waals surface area (Å²) < 4.78 is 11.2. The highest BCUT2D eigenvalue weighted by Crippen LogP contribution is 2.31. The fourth-order valence-electron chi connectivity index (χ4n) is 3.70. The lowest BCUT2D eigenvalue weighted by molar-refractivity contribution is 0.0995. The van der Waals surface area contributed by atoms with Crippen LogP contribution in [0.3, 0.4) is 0 Å². The topological polar surface area (TPSA) is 84.5 Å². The van der Waals surface area contributed by atoms with Crippen molar-refractivity contribution in [1.82, 2.24) is 0 Å². The van der Waals surface area contributed by atoms with Crippen molar-refractivity contribution in [2.45, 2.75) is 32.1 Å². The van der Waals surface area contributed by atoms with Crippen molar-refractivity contribution in [2.24, 2.45) is 5.92 Å². The number of amides is 1. The standard InChI is InChI=1S/C21H21BrN2O4/c22-17-11-10-16(27-17)20(25)24-19-18(23-12-13-6-2-1-3-7-13)14-8-4-5-9-15(14)28-21(19)26/h4-5,8-11,13,23H,1-3,6-7,12H2,(H,24,25). The van der Waals surface area contributed by atoms with Crippen LogP contribution in [-0.4, -0.2) is 12.5 Å². The van der Waals surface area contributed by atoms with Gasteiger partial charge in [-0.05, 0) is 59.0 Å². The third-order valence-electron chi connectivity index (χ3n) is 5.14. The predicted octanol–water partition coefficient (Wildman–Crippen LogP) is 5.39. The molecule has 0 bridgehead atoms. The van der Waals surface area contributed by atoms with Gasteiger partial charge in [0, 0.05) is 11.9 Å². The van der Waals surface area contributed by atoms with Gasteiger partial charge in [-0.15, -0.1) is 0 Å². The molecule has 1 amide bonds. The SMILES string of the molecule is O=C(Nc1c(NCC2CCCCC2)c2ccccc2oc1=O)c1ccc(Br)o1. The number of hydrogen-bond donors (Lipinski definition) is 2. The molecule has 1 saturated carbocycles. The van der Waals surface area contributed by atoms with Crippen LogP contribution in [0.4, 0.5) is 11.4 Å². The Bertz CT molecular complexity index is 1050. The Kier molecular flexibility index (Phi) is 5.52. The molecule has 0 spiro atoms. The molecular weight excluding hydrogens is 424 g/mol. The molecule has 6 nitrogen and oxygen atoms in total. The summed E-state index contributed by atoms with van der Waals surface area (Å²) in [7, 11) is 0. The maximum Gasteiger partial charge on any atom is 0.362 e. The van der Waals surface area contributed by atoms with Gasteiger partial charge in [0.1, 0.15) is 5.58 Å². The average molecular weight is 445 g/mol. The molecule has 3 aromatic rings. The molecule has 0 unspecified atom stereocenters. The molecule has 1 aliphatic rings. The van der Waals surface area contributed by atoms with E-state index in [0.29, 0.717) is 21.9 Å². The van der Waals surface area contributed by atoms with Gasteiger partial charge in [-0.1, -0.05) is 31.4 Å². The highest BCUT2D eigenvalue weighted by atomic mass is 79.9. The highest BCUT2D eigenvalue weighted by Gasteiger charge is 2.21. The molecular formula is C21H21BrN2O4. The number of nitrogens with one attached hydrogen (secondary N) is 2. The van der Waals surface area contributed by atoms with Crippen LogP contribution in [0.2, 0.25) is 0 Å². The second kappa shape index (κ2) is 8.22. The van der Waals surface area contributed by atoms with Crippen molar-refractivity contribution in [3.05, 3.63) is 57.2 Å². The van der Waals surface area contributed by atoms with Gasteiger partial charge < -0.3 is 19.5 Å². The molecule has 0 atom stereocenters. The lowest BCUT2D eigenvalue weighted by Crippen LogP contribution is -2.22. The van der Waals surface area contributed by atoms with Crippen molar-refractivity contribution in [3.63, 3.8) is 0 Å². The van der Waals surface area contributed by atoms with Gasteiger partial charge in [0.25, 0.3) is 5.91 Å². The zero-order valence-electron chi connectivity index (χ0n) is 15.3. The normalized spacial score (nSPS) is 14.9. The summed E-state index contributed by atoms with van der Waals surface area (Å²) in [6, 6.07) is 10.5. The minimum Gasteiger partial charge on any atom is -0.444 e. The fraction of sp³-hybridized carbons (Fsp3) is 0.333. The van der Waals surface area contributed by atoms with Crippen molar-refractivity contribution in [1.29, 1.82) is 0 Å². The van der Waals surface area contributed by atoms with E-state index in [4.69, 9.17) is 8.83 Å². The summed E-state index contributed by atoms with van der Waals surface area (Å²) in [4.78, 5) is 25.2. The van der Waals surface area contributed by atoms with E-state index in [1.807, 2.05) is 18.2 Å². The summed E-state index contributed by atoms with van der Waals surface area (Å²) in [5.41, 5.74) is 0.588. The molecule has 1 aliphatic carbocycles. The molecule has 4 rings (SSSR count). The molecule has 7 heteroatoms. The van der Waals surface area contributed by atoms with E-state index in [-0.39, 0.29) is 11.4 Å². The number of rotatable bonds is 5. The van der Waals surface area contributed by atoms with Crippen LogP contribution in [-0.2, 0) is 0 Å². The third kappa shape index (κ3) is 3.99. The molecule has 1 fully saturated rings. The molecule has 0 saturated heterocycles. The van der Waals surface area contributed by atoms with Crippen LogP contribution in [0.15, 0.2) is 54.7 Å². The largest absolute Gasteiger partial charge is 0.444 e.